The zero-order chi connectivity index (χ0) is 17.1. The maximum Gasteiger partial charge on any atom is 0.205 e. The second-order valence-corrected chi connectivity index (χ2v) is 6.60. The number of benzene rings is 2. The predicted molar refractivity (Wildman–Crippen MR) is 99.7 cm³/mol. The summed E-state index contributed by atoms with van der Waals surface area (Å²) in [5, 5.41) is 25.7. The molecule has 0 radical (unpaired) electrons. The van der Waals surface area contributed by atoms with Gasteiger partial charge in [-0.15, -0.1) is 11.3 Å². The van der Waals surface area contributed by atoms with Crippen molar-refractivity contribution < 1.29 is 10.2 Å². The first-order valence-electron chi connectivity index (χ1n) is 7.04. The molecule has 0 atom stereocenters. The van der Waals surface area contributed by atoms with Crippen LogP contribution >= 0.6 is 27.3 Å². The molecule has 0 spiro atoms. The topological polar surface area (TPSA) is 70.1 Å². The van der Waals surface area contributed by atoms with E-state index in [0.29, 0.717) is 5.56 Å². The highest BCUT2D eigenvalue weighted by Crippen LogP contribution is 2.28. The second-order valence-electron chi connectivity index (χ2n) is 4.91. The van der Waals surface area contributed by atoms with Crippen LogP contribution in [0.2, 0.25) is 0 Å². The van der Waals surface area contributed by atoms with Crippen molar-refractivity contribution in [3.05, 3.63) is 62.7 Å². The van der Waals surface area contributed by atoms with Crippen molar-refractivity contribution in [1.29, 1.82) is 0 Å². The molecule has 2 N–H and O–H groups in total. The van der Waals surface area contributed by atoms with Gasteiger partial charge in [-0.3, -0.25) is 4.99 Å². The molecule has 1 aromatic heterocycles. The minimum absolute atomic E-state index is 0.00555. The number of nitrogens with zero attached hydrogens (tertiary/aromatic N) is 3. The summed E-state index contributed by atoms with van der Waals surface area (Å²) in [5.41, 5.74) is 2.39. The molecule has 0 amide bonds. The number of rotatable bonds is 3. The number of phenolic OH excluding ortho intramolecular Hbond substituents is 2. The van der Waals surface area contributed by atoms with E-state index in [1.165, 1.54) is 29.7 Å². The average Bonchev–Trinajstić information content (AvgIpc) is 2.97. The highest BCUT2D eigenvalue weighted by Gasteiger charge is 2.10. The van der Waals surface area contributed by atoms with Crippen LogP contribution in [0.25, 0.3) is 11.3 Å². The van der Waals surface area contributed by atoms with Crippen molar-refractivity contribution in [1.82, 2.24) is 4.68 Å². The number of aromatic hydroxyl groups is 2. The lowest BCUT2D eigenvalue weighted by Crippen LogP contribution is -2.11. The lowest BCUT2D eigenvalue weighted by molar-refractivity contribution is 0.450. The molecule has 0 unspecified atom stereocenters. The predicted octanol–water partition coefficient (Wildman–Crippen LogP) is 3.80. The summed E-state index contributed by atoms with van der Waals surface area (Å²) < 4.78 is 2.68. The summed E-state index contributed by atoms with van der Waals surface area (Å²) in [6, 6.07) is 12.2. The van der Waals surface area contributed by atoms with Gasteiger partial charge in [0.1, 0.15) is 11.5 Å². The SMILES string of the molecule is CN=c1scc(-c2ccccc2Br)n1N=Cc1ccc(O)cc1O. The molecule has 0 aliphatic carbocycles. The highest BCUT2D eigenvalue weighted by molar-refractivity contribution is 9.10. The van der Waals surface area contributed by atoms with Gasteiger partial charge in [0.2, 0.25) is 4.80 Å². The van der Waals surface area contributed by atoms with Gasteiger partial charge in [0, 0.05) is 34.1 Å². The number of hydrogen-bond donors (Lipinski definition) is 2. The molecule has 122 valence electrons. The monoisotopic (exact) mass is 403 g/mol. The first kappa shape index (κ1) is 16.5. The fourth-order valence-electron chi connectivity index (χ4n) is 2.18. The van der Waals surface area contributed by atoms with Gasteiger partial charge < -0.3 is 10.2 Å². The van der Waals surface area contributed by atoms with Crippen LogP contribution in [0.15, 0.2) is 62.4 Å². The summed E-state index contributed by atoms with van der Waals surface area (Å²) in [4.78, 5) is 4.98. The van der Waals surface area contributed by atoms with Gasteiger partial charge in [0.05, 0.1) is 11.9 Å². The van der Waals surface area contributed by atoms with E-state index in [-0.39, 0.29) is 11.5 Å². The van der Waals surface area contributed by atoms with Crippen molar-refractivity contribution >= 4 is 33.5 Å². The third-order valence-electron chi connectivity index (χ3n) is 3.35. The lowest BCUT2D eigenvalue weighted by Gasteiger charge is -2.06. The normalized spacial score (nSPS) is 12.2. The largest absolute Gasteiger partial charge is 0.508 e. The lowest BCUT2D eigenvalue weighted by atomic mass is 10.2. The molecule has 0 bridgehead atoms. The minimum Gasteiger partial charge on any atom is -0.508 e. The first-order valence-corrected chi connectivity index (χ1v) is 8.72. The van der Waals surface area contributed by atoms with Gasteiger partial charge in [0.25, 0.3) is 0 Å². The zero-order valence-electron chi connectivity index (χ0n) is 12.7. The molecule has 0 aliphatic rings. The Morgan fingerprint density at radius 1 is 1.17 bits per heavy atom. The Bertz CT molecular complexity index is 976. The maximum absolute atomic E-state index is 9.89. The van der Waals surface area contributed by atoms with E-state index >= 15 is 0 Å². The third kappa shape index (κ3) is 3.27. The molecular formula is C17H14BrN3O2S. The zero-order valence-corrected chi connectivity index (χ0v) is 15.1. The Morgan fingerprint density at radius 2 is 1.96 bits per heavy atom. The van der Waals surface area contributed by atoms with E-state index in [9.17, 15) is 10.2 Å². The van der Waals surface area contributed by atoms with Crippen LogP contribution in [-0.2, 0) is 0 Å². The molecule has 1 heterocycles. The maximum atomic E-state index is 9.89. The van der Waals surface area contributed by atoms with E-state index < -0.39 is 0 Å². The Morgan fingerprint density at radius 3 is 2.67 bits per heavy atom. The van der Waals surface area contributed by atoms with E-state index in [1.807, 2.05) is 29.6 Å². The van der Waals surface area contributed by atoms with E-state index in [4.69, 9.17) is 0 Å². The summed E-state index contributed by atoms with van der Waals surface area (Å²) in [6.07, 6.45) is 1.54. The van der Waals surface area contributed by atoms with Crippen LogP contribution < -0.4 is 4.80 Å². The number of aromatic nitrogens is 1. The van der Waals surface area contributed by atoms with Gasteiger partial charge in [-0.25, -0.2) is 4.68 Å². The summed E-state index contributed by atoms with van der Waals surface area (Å²) in [6.45, 7) is 0. The van der Waals surface area contributed by atoms with Gasteiger partial charge in [0.15, 0.2) is 0 Å². The fraction of sp³-hybridized carbons (Fsp3) is 0.0588. The summed E-state index contributed by atoms with van der Waals surface area (Å²) >= 11 is 5.04. The van der Waals surface area contributed by atoms with Crippen molar-refractivity contribution in [2.24, 2.45) is 10.1 Å². The molecule has 0 saturated heterocycles. The van der Waals surface area contributed by atoms with Crippen molar-refractivity contribution in [2.75, 3.05) is 7.05 Å². The Balaban J connectivity index is 2.09. The molecule has 2 aromatic carbocycles. The average molecular weight is 404 g/mol. The Kier molecular flexibility index (Phi) is 4.82. The van der Waals surface area contributed by atoms with Crippen LogP contribution in [0.4, 0.5) is 0 Å². The molecular weight excluding hydrogens is 390 g/mol. The van der Waals surface area contributed by atoms with Gasteiger partial charge >= 0.3 is 0 Å². The molecule has 3 aromatic rings. The summed E-state index contributed by atoms with van der Waals surface area (Å²) in [5.74, 6) is -0.0296. The van der Waals surface area contributed by atoms with E-state index in [1.54, 1.807) is 17.8 Å². The van der Waals surface area contributed by atoms with E-state index in [2.05, 4.69) is 26.0 Å². The van der Waals surface area contributed by atoms with Crippen LogP contribution in [0.3, 0.4) is 0 Å². The fourth-order valence-corrected chi connectivity index (χ4v) is 3.46. The van der Waals surface area contributed by atoms with Gasteiger partial charge in [-0.05, 0) is 18.2 Å². The van der Waals surface area contributed by atoms with Crippen molar-refractivity contribution in [3.63, 3.8) is 0 Å². The standard InChI is InChI=1S/C17H14BrN3O2S/c1-19-17-21(20-9-11-6-7-12(22)8-16(11)23)15(10-24-17)13-4-2-3-5-14(13)18/h2-10,22-23H,1H3. The molecule has 0 fully saturated rings. The highest BCUT2D eigenvalue weighted by atomic mass is 79.9. The molecule has 24 heavy (non-hydrogen) atoms. The van der Waals surface area contributed by atoms with Crippen LogP contribution in [0, 0.1) is 0 Å². The Hall–Kier alpha value is -2.38. The summed E-state index contributed by atoms with van der Waals surface area (Å²) in [7, 11) is 1.71. The van der Waals surface area contributed by atoms with Gasteiger partial charge in [-0.2, -0.15) is 5.10 Å². The number of hydrogen-bond acceptors (Lipinski definition) is 5. The van der Waals surface area contributed by atoms with Crippen molar-refractivity contribution in [3.8, 4) is 22.8 Å². The Labute approximate surface area is 151 Å². The number of thiazole rings is 1. The van der Waals surface area contributed by atoms with Crippen LogP contribution in [0.1, 0.15) is 5.56 Å². The third-order valence-corrected chi connectivity index (χ3v) is 4.95. The second kappa shape index (κ2) is 7.02. The van der Waals surface area contributed by atoms with Gasteiger partial charge in [-0.1, -0.05) is 34.1 Å². The molecule has 0 aliphatic heterocycles. The molecule has 5 nitrogen and oxygen atoms in total. The number of phenols is 2. The number of halogens is 1. The molecule has 0 saturated carbocycles. The molecule has 7 heteroatoms. The van der Waals surface area contributed by atoms with E-state index in [0.717, 1.165) is 20.5 Å². The smallest absolute Gasteiger partial charge is 0.205 e. The molecule has 3 rings (SSSR count). The van der Waals surface area contributed by atoms with Crippen LogP contribution in [-0.4, -0.2) is 28.2 Å². The van der Waals surface area contributed by atoms with Crippen LogP contribution in [0.5, 0.6) is 11.5 Å². The first-order chi connectivity index (χ1) is 11.6. The quantitative estimate of drug-likeness (QED) is 0.652. The minimum atomic E-state index is -0.0352. The van der Waals surface area contributed by atoms with Crippen molar-refractivity contribution in [2.45, 2.75) is 0 Å².